The Balaban J connectivity index is 5.51. The highest BCUT2D eigenvalue weighted by Crippen LogP contribution is 2.70. The SMILES string of the molecule is CCCCOP(=O)(OCCCC)C(OC)P(=O)(OCCCC)OCCCC. The molecular formula is C18H40O7P2. The number of unbranched alkanes of at least 4 members (excludes halogenated alkanes) is 4. The normalized spacial score (nSPS) is 12.8. The Bertz CT molecular complexity index is 379. The fourth-order valence-corrected chi connectivity index (χ4v) is 7.00. The highest BCUT2D eigenvalue weighted by molar-refractivity contribution is 7.72. The summed E-state index contributed by atoms with van der Waals surface area (Å²) in [6, 6.07) is 0. The van der Waals surface area contributed by atoms with Crippen molar-refractivity contribution in [1.29, 1.82) is 0 Å². The average molecular weight is 430 g/mol. The van der Waals surface area contributed by atoms with Crippen LogP contribution in [0.15, 0.2) is 0 Å². The number of rotatable bonds is 19. The maximum Gasteiger partial charge on any atom is 0.371 e. The standard InChI is InChI=1S/C18H40O7P2/c1-6-10-14-22-26(19,23-15-11-7-2)18(21-5)27(20,24-16-12-8-3)25-17-13-9-4/h18H,6-17H2,1-5H3. The monoisotopic (exact) mass is 430 g/mol. The van der Waals surface area contributed by atoms with E-state index in [4.69, 9.17) is 22.8 Å². The van der Waals surface area contributed by atoms with Gasteiger partial charge in [-0.1, -0.05) is 53.4 Å². The molecule has 0 aliphatic heterocycles. The van der Waals surface area contributed by atoms with Crippen LogP contribution in [0.25, 0.3) is 0 Å². The first kappa shape index (κ1) is 27.3. The van der Waals surface area contributed by atoms with Gasteiger partial charge in [0.15, 0.2) is 0 Å². The summed E-state index contributed by atoms with van der Waals surface area (Å²) < 4.78 is 54.8. The summed E-state index contributed by atoms with van der Waals surface area (Å²) in [5.41, 5.74) is -1.38. The molecule has 0 spiro atoms. The van der Waals surface area contributed by atoms with Crippen molar-refractivity contribution in [1.82, 2.24) is 0 Å². The molecule has 0 aliphatic carbocycles. The smallest absolute Gasteiger partial charge is 0.358 e. The van der Waals surface area contributed by atoms with Crippen molar-refractivity contribution in [3.63, 3.8) is 0 Å². The first-order chi connectivity index (χ1) is 12.9. The lowest BCUT2D eigenvalue weighted by Gasteiger charge is -2.31. The Kier molecular flexibility index (Phi) is 16.3. The molecule has 0 rings (SSSR count). The van der Waals surface area contributed by atoms with E-state index in [1.807, 2.05) is 27.7 Å². The Morgan fingerprint density at radius 1 is 0.593 bits per heavy atom. The summed E-state index contributed by atoms with van der Waals surface area (Å²) >= 11 is 0. The molecule has 0 aromatic heterocycles. The van der Waals surface area contributed by atoms with Crippen LogP contribution in [0.5, 0.6) is 0 Å². The molecule has 0 radical (unpaired) electrons. The first-order valence-electron chi connectivity index (χ1n) is 10.2. The van der Waals surface area contributed by atoms with Gasteiger partial charge in [-0.2, -0.15) is 0 Å². The molecule has 0 fully saturated rings. The topological polar surface area (TPSA) is 80.3 Å². The third-order valence-electron chi connectivity index (χ3n) is 3.83. The van der Waals surface area contributed by atoms with E-state index in [2.05, 4.69) is 0 Å². The summed E-state index contributed by atoms with van der Waals surface area (Å²) in [4.78, 5) is 0. The van der Waals surface area contributed by atoms with Gasteiger partial charge < -0.3 is 22.8 Å². The van der Waals surface area contributed by atoms with E-state index in [9.17, 15) is 9.13 Å². The zero-order chi connectivity index (χ0) is 20.6. The molecule has 27 heavy (non-hydrogen) atoms. The Morgan fingerprint density at radius 2 is 0.852 bits per heavy atom. The van der Waals surface area contributed by atoms with Gasteiger partial charge in [-0.3, -0.25) is 9.13 Å². The second kappa shape index (κ2) is 16.1. The van der Waals surface area contributed by atoms with E-state index >= 15 is 0 Å². The second-order valence-corrected chi connectivity index (χ2v) is 10.9. The predicted octanol–water partition coefficient (Wildman–Crippen LogP) is 6.57. The van der Waals surface area contributed by atoms with Crippen LogP contribution < -0.4 is 0 Å². The maximum atomic E-state index is 13.5. The van der Waals surface area contributed by atoms with E-state index in [0.717, 1.165) is 51.4 Å². The van der Waals surface area contributed by atoms with Crippen molar-refractivity contribution in [3.8, 4) is 0 Å². The van der Waals surface area contributed by atoms with Gasteiger partial charge in [-0.25, -0.2) is 0 Å². The Hall–Kier alpha value is 0.260. The molecule has 0 N–H and O–H groups in total. The van der Waals surface area contributed by atoms with Crippen molar-refractivity contribution in [2.24, 2.45) is 0 Å². The lowest BCUT2D eigenvalue weighted by atomic mass is 10.4. The van der Waals surface area contributed by atoms with Gasteiger partial charge in [0.1, 0.15) is 0 Å². The first-order valence-corrected chi connectivity index (χ1v) is 13.5. The van der Waals surface area contributed by atoms with Crippen molar-refractivity contribution in [2.45, 2.75) is 84.6 Å². The lowest BCUT2D eigenvalue weighted by Crippen LogP contribution is -2.20. The number of hydrogen-bond donors (Lipinski definition) is 0. The van der Waals surface area contributed by atoms with Gasteiger partial charge in [0, 0.05) is 7.11 Å². The van der Waals surface area contributed by atoms with Crippen LogP contribution in [-0.4, -0.2) is 39.1 Å². The van der Waals surface area contributed by atoms with E-state index in [1.165, 1.54) is 7.11 Å². The molecule has 0 unspecified atom stereocenters. The fraction of sp³-hybridized carbons (Fsp3) is 1.00. The van der Waals surface area contributed by atoms with Crippen molar-refractivity contribution in [2.75, 3.05) is 33.5 Å². The number of ether oxygens (including phenoxy) is 1. The van der Waals surface area contributed by atoms with Crippen LogP contribution in [0, 0.1) is 0 Å². The largest absolute Gasteiger partial charge is 0.371 e. The minimum atomic E-state index is -3.84. The van der Waals surface area contributed by atoms with Gasteiger partial charge in [0.2, 0.25) is 0 Å². The molecule has 0 heterocycles. The molecule has 0 saturated carbocycles. The van der Waals surface area contributed by atoms with E-state index < -0.39 is 20.8 Å². The minimum absolute atomic E-state index is 0.240. The minimum Gasteiger partial charge on any atom is -0.358 e. The highest BCUT2D eigenvalue weighted by Gasteiger charge is 2.52. The third kappa shape index (κ3) is 10.6. The lowest BCUT2D eigenvalue weighted by molar-refractivity contribution is 0.104. The molecule has 0 atom stereocenters. The van der Waals surface area contributed by atoms with Gasteiger partial charge in [0.05, 0.1) is 26.4 Å². The van der Waals surface area contributed by atoms with E-state index in [0.29, 0.717) is 0 Å². The van der Waals surface area contributed by atoms with Crippen LogP contribution in [0.3, 0.4) is 0 Å². The van der Waals surface area contributed by atoms with Gasteiger partial charge >= 0.3 is 15.2 Å². The quantitative estimate of drug-likeness (QED) is 0.169. The van der Waals surface area contributed by atoms with Crippen LogP contribution in [-0.2, 0) is 32.0 Å². The van der Waals surface area contributed by atoms with E-state index in [1.54, 1.807) is 0 Å². The Labute approximate surface area is 165 Å². The van der Waals surface area contributed by atoms with Crippen molar-refractivity contribution < 1.29 is 32.0 Å². The van der Waals surface area contributed by atoms with Gasteiger partial charge in [-0.05, 0) is 25.7 Å². The summed E-state index contributed by atoms with van der Waals surface area (Å²) in [7, 11) is -6.35. The van der Waals surface area contributed by atoms with Crippen LogP contribution in [0.1, 0.15) is 79.1 Å². The van der Waals surface area contributed by atoms with Crippen LogP contribution in [0.2, 0.25) is 0 Å². The molecule has 0 aliphatic rings. The molecule has 0 saturated heterocycles. The summed E-state index contributed by atoms with van der Waals surface area (Å²) in [5.74, 6) is 0. The second-order valence-electron chi connectivity index (χ2n) is 6.39. The maximum absolute atomic E-state index is 13.5. The molecule has 0 aromatic rings. The molecular weight excluding hydrogens is 390 g/mol. The Morgan fingerprint density at radius 3 is 1.04 bits per heavy atom. The summed E-state index contributed by atoms with van der Waals surface area (Å²) in [5, 5.41) is 0. The van der Waals surface area contributed by atoms with Crippen molar-refractivity contribution >= 4 is 15.2 Å². The summed E-state index contributed by atoms with van der Waals surface area (Å²) in [6.45, 7) is 8.99. The zero-order valence-corrected chi connectivity index (χ0v) is 19.6. The molecule has 7 nitrogen and oxygen atoms in total. The molecule has 0 bridgehead atoms. The van der Waals surface area contributed by atoms with Crippen LogP contribution >= 0.6 is 15.2 Å². The molecule has 0 aromatic carbocycles. The summed E-state index contributed by atoms with van der Waals surface area (Å²) in [6.07, 6.45) is 6.39. The fourth-order valence-electron chi connectivity index (χ4n) is 2.11. The van der Waals surface area contributed by atoms with Gasteiger partial charge in [-0.15, -0.1) is 0 Å². The van der Waals surface area contributed by atoms with Gasteiger partial charge in [0.25, 0.3) is 5.59 Å². The third-order valence-corrected chi connectivity index (χ3v) is 9.20. The molecule has 0 amide bonds. The molecule has 164 valence electrons. The number of hydrogen-bond acceptors (Lipinski definition) is 7. The average Bonchev–Trinajstić information content (AvgIpc) is 2.63. The highest BCUT2D eigenvalue weighted by atomic mass is 31.2. The zero-order valence-electron chi connectivity index (χ0n) is 17.8. The van der Waals surface area contributed by atoms with Crippen molar-refractivity contribution in [3.05, 3.63) is 0 Å². The molecule has 9 heteroatoms. The van der Waals surface area contributed by atoms with Crippen LogP contribution in [0.4, 0.5) is 0 Å². The predicted molar refractivity (Wildman–Crippen MR) is 109 cm³/mol. The number of methoxy groups -OCH3 is 1. The van der Waals surface area contributed by atoms with E-state index in [-0.39, 0.29) is 26.4 Å².